The van der Waals surface area contributed by atoms with Crippen molar-refractivity contribution in [1.82, 2.24) is 19.8 Å². The first-order chi connectivity index (χ1) is 15.1. The standard InChI is InChI=1S/C24H34FN5O.HI/c1-3-27-23(29-11-7-19(2)22(16-29)30-12-10-26-18-30)28-17-24(8-13-31-14-9-24)20-5-4-6-21(25)15-20;/h4-6,10,12,15,18-19,22H,3,7-9,11,13-14,16-17H2,1-2H3,(H,27,28);1H. The van der Waals surface area contributed by atoms with Gasteiger partial charge in [0.25, 0.3) is 0 Å². The highest BCUT2D eigenvalue weighted by atomic mass is 127. The molecule has 1 aromatic heterocycles. The Kier molecular flexibility index (Phi) is 8.93. The Labute approximate surface area is 207 Å². The quantitative estimate of drug-likeness (QED) is 0.341. The van der Waals surface area contributed by atoms with E-state index in [1.54, 1.807) is 12.1 Å². The number of guanidine groups is 1. The summed E-state index contributed by atoms with van der Waals surface area (Å²) in [5.41, 5.74) is 0.840. The van der Waals surface area contributed by atoms with Crippen molar-refractivity contribution in [3.05, 3.63) is 54.4 Å². The van der Waals surface area contributed by atoms with Crippen LogP contribution in [0.15, 0.2) is 48.0 Å². The molecule has 0 bridgehead atoms. The van der Waals surface area contributed by atoms with E-state index in [4.69, 9.17) is 9.73 Å². The number of halogens is 2. The maximum absolute atomic E-state index is 14.0. The highest BCUT2D eigenvalue weighted by Gasteiger charge is 2.35. The lowest BCUT2D eigenvalue weighted by molar-refractivity contribution is 0.0528. The average molecular weight is 555 g/mol. The lowest BCUT2D eigenvalue weighted by Crippen LogP contribution is -2.49. The third-order valence-corrected chi connectivity index (χ3v) is 6.88. The van der Waals surface area contributed by atoms with Gasteiger partial charge in [0.15, 0.2) is 5.96 Å². The number of piperidine rings is 1. The van der Waals surface area contributed by atoms with E-state index >= 15 is 0 Å². The lowest BCUT2D eigenvalue weighted by atomic mass is 9.74. The maximum atomic E-state index is 14.0. The van der Waals surface area contributed by atoms with Gasteiger partial charge in [-0.15, -0.1) is 24.0 Å². The first-order valence-electron chi connectivity index (χ1n) is 11.5. The molecule has 2 aliphatic heterocycles. The zero-order valence-electron chi connectivity index (χ0n) is 19.0. The Bertz CT molecular complexity index is 869. The maximum Gasteiger partial charge on any atom is 0.194 e. The summed E-state index contributed by atoms with van der Waals surface area (Å²) in [5, 5.41) is 3.50. The van der Waals surface area contributed by atoms with E-state index in [0.717, 1.165) is 50.4 Å². The summed E-state index contributed by atoms with van der Waals surface area (Å²) in [6.45, 7) is 9.12. The Morgan fingerprint density at radius 3 is 2.84 bits per heavy atom. The van der Waals surface area contributed by atoms with Gasteiger partial charge in [0.1, 0.15) is 5.82 Å². The van der Waals surface area contributed by atoms with Crippen LogP contribution in [0.25, 0.3) is 0 Å². The number of aromatic nitrogens is 2. The molecule has 3 heterocycles. The van der Waals surface area contributed by atoms with Crippen molar-refractivity contribution in [2.45, 2.75) is 44.6 Å². The number of aliphatic imine (C=N–C) groups is 1. The fourth-order valence-electron chi connectivity index (χ4n) is 4.87. The van der Waals surface area contributed by atoms with E-state index in [1.165, 1.54) is 6.07 Å². The summed E-state index contributed by atoms with van der Waals surface area (Å²) < 4.78 is 21.9. The van der Waals surface area contributed by atoms with Crippen molar-refractivity contribution >= 4 is 29.9 Å². The molecule has 0 amide bonds. The molecule has 1 aromatic carbocycles. The van der Waals surface area contributed by atoms with Crippen LogP contribution in [0.1, 0.15) is 44.7 Å². The Morgan fingerprint density at radius 1 is 1.34 bits per heavy atom. The third-order valence-electron chi connectivity index (χ3n) is 6.88. The summed E-state index contributed by atoms with van der Waals surface area (Å²) in [5.74, 6) is 1.34. The molecule has 2 atom stereocenters. The van der Waals surface area contributed by atoms with Crippen LogP contribution in [0.2, 0.25) is 0 Å². The van der Waals surface area contributed by atoms with Gasteiger partial charge in [-0.25, -0.2) is 9.37 Å². The van der Waals surface area contributed by atoms with Crippen molar-refractivity contribution in [3.63, 3.8) is 0 Å². The van der Waals surface area contributed by atoms with Gasteiger partial charge in [-0.05, 0) is 49.8 Å². The Hall–Kier alpha value is -1.68. The number of rotatable bonds is 5. The largest absolute Gasteiger partial charge is 0.381 e. The fourth-order valence-corrected chi connectivity index (χ4v) is 4.87. The smallest absolute Gasteiger partial charge is 0.194 e. The molecule has 0 radical (unpaired) electrons. The number of hydrogen-bond donors (Lipinski definition) is 1. The molecule has 4 rings (SSSR count). The van der Waals surface area contributed by atoms with Crippen LogP contribution in [-0.4, -0.2) is 59.8 Å². The minimum absolute atomic E-state index is 0. The summed E-state index contributed by atoms with van der Waals surface area (Å²) in [6.07, 6.45) is 8.63. The SMILES string of the molecule is CCNC(=NCC1(c2cccc(F)c2)CCOCC1)N1CCC(C)C(n2ccnc2)C1.I. The Balaban J connectivity index is 0.00000289. The van der Waals surface area contributed by atoms with Crippen molar-refractivity contribution in [2.75, 3.05) is 39.4 Å². The van der Waals surface area contributed by atoms with E-state index < -0.39 is 0 Å². The van der Waals surface area contributed by atoms with Gasteiger partial charge in [0.2, 0.25) is 0 Å². The van der Waals surface area contributed by atoms with E-state index in [9.17, 15) is 4.39 Å². The molecular weight excluding hydrogens is 520 g/mol. The minimum Gasteiger partial charge on any atom is -0.381 e. The number of nitrogens with one attached hydrogen (secondary N) is 1. The molecule has 1 N–H and O–H groups in total. The minimum atomic E-state index is -0.188. The second-order valence-corrected chi connectivity index (χ2v) is 8.86. The van der Waals surface area contributed by atoms with Gasteiger partial charge in [-0.2, -0.15) is 0 Å². The zero-order valence-corrected chi connectivity index (χ0v) is 21.4. The normalized spacial score (nSPS) is 23.5. The van der Waals surface area contributed by atoms with Gasteiger partial charge >= 0.3 is 0 Å². The summed E-state index contributed by atoms with van der Waals surface area (Å²) >= 11 is 0. The van der Waals surface area contributed by atoms with Crippen LogP contribution in [-0.2, 0) is 10.2 Å². The number of ether oxygens (including phenoxy) is 1. The van der Waals surface area contributed by atoms with Gasteiger partial charge in [0.05, 0.1) is 18.9 Å². The van der Waals surface area contributed by atoms with Gasteiger partial charge in [-0.1, -0.05) is 19.1 Å². The highest BCUT2D eigenvalue weighted by molar-refractivity contribution is 14.0. The van der Waals surface area contributed by atoms with E-state index in [2.05, 4.69) is 39.8 Å². The molecule has 2 aromatic rings. The molecule has 0 spiro atoms. The molecule has 8 heteroatoms. The van der Waals surface area contributed by atoms with Crippen molar-refractivity contribution in [1.29, 1.82) is 0 Å². The van der Waals surface area contributed by atoms with Crippen molar-refractivity contribution < 1.29 is 9.13 Å². The molecule has 6 nitrogen and oxygen atoms in total. The van der Waals surface area contributed by atoms with E-state index in [-0.39, 0.29) is 35.2 Å². The molecule has 32 heavy (non-hydrogen) atoms. The van der Waals surface area contributed by atoms with Gasteiger partial charge in [0, 0.05) is 50.7 Å². The number of imidazole rings is 1. The summed E-state index contributed by atoms with van der Waals surface area (Å²) in [6, 6.07) is 7.40. The number of hydrogen-bond acceptors (Lipinski definition) is 3. The highest BCUT2D eigenvalue weighted by Crippen LogP contribution is 2.36. The average Bonchev–Trinajstić information content (AvgIpc) is 3.32. The fraction of sp³-hybridized carbons (Fsp3) is 0.583. The second kappa shape index (κ2) is 11.4. The topological polar surface area (TPSA) is 54.7 Å². The molecule has 2 unspecified atom stereocenters. The van der Waals surface area contributed by atoms with Crippen molar-refractivity contribution in [3.8, 4) is 0 Å². The monoisotopic (exact) mass is 555 g/mol. The summed E-state index contributed by atoms with van der Waals surface area (Å²) in [7, 11) is 0. The molecule has 0 saturated carbocycles. The van der Waals surface area contributed by atoms with E-state index in [0.29, 0.717) is 31.7 Å². The Morgan fingerprint density at radius 2 is 2.16 bits per heavy atom. The lowest BCUT2D eigenvalue weighted by Gasteiger charge is -2.40. The molecular formula is C24H35FIN5O. The predicted molar refractivity (Wildman–Crippen MR) is 136 cm³/mol. The molecule has 176 valence electrons. The van der Waals surface area contributed by atoms with Crippen LogP contribution in [0, 0.1) is 11.7 Å². The van der Waals surface area contributed by atoms with Crippen LogP contribution >= 0.6 is 24.0 Å². The predicted octanol–water partition coefficient (Wildman–Crippen LogP) is 4.24. The van der Waals surface area contributed by atoms with Crippen LogP contribution in [0.5, 0.6) is 0 Å². The molecule has 2 saturated heterocycles. The van der Waals surface area contributed by atoms with Crippen LogP contribution in [0.4, 0.5) is 4.39 Å². The first kappa shape index (κ1) is 25.0. The van der Waals surface area contributed by atoms with Gasteiger partial charge in [-0.3, -0.25) is 4.99 Å². The van der Waals surface area contributed by atoms with Crippen molar-refractivity contribution in [2.24, 2.45) is 10.9 Å². The number of benzene rings is 1. The molecule has 0 aliphatic carbocycles. The molecule has 2 fully saturated rings. The zero-order chi connectivity index (χ0) is 21.7. The molecule has 2 aliphatic rings. The first-order valence-corrected chi connectivity index (χ1v) is 11.5. The number of nitrogens with zero attached hydrogens (tertiary/aromatic N) is 4. The van der Waals surface area contributed by atoms with Crippen LogP contribution < -0.4 is 5.32 Å². The number of likely N-dealkylation sites (tertiary alicyclic amines) is 1. The summed E-state index contributed by atoms with van der Waals surface area (Å²) in [4.78, 5) is 11.7. The second-order valence-electron chi connectivity index (χ2n) is 8.86. The van der Waals surface area contributed by atoms with Crippen LogP contribution in [0.3, 0.4) is 0 Å². The third kappa shape index (κ3) is 5.62. The van der Waals surface area contributed by atoms with E-state index in [1.807, 2.05) is 18.6 Å². The van der Waals surface area contributed by atoms with Gasteiger partial charge < -0.3 is 19.5 Å².